The van der Waals surface area contributed by atoms with Crippen LogP contribution in [0.1, 0.15) is 26.7 Å². The molecule has 1 aliphatic rings. The fourth-order valence-corrected chi connectivity index (χ4v) is 1.47. The summed E-state index contributed by atoms with van der Waals surface area (Å²) in [6.45, 7) is 5.53. The normalized spacial score (nSPS) is 21.0. The third-order valence-corrected chi connectivity index (χ3v) is 2.71. The van der Waals surface area contributed by atoms with Gasteiger partial charge in [0.25, 0.3) is 0 Å². The standard InChI is InChI=1S/C11H18N2O2/c1-11(2,8-12)10(14)13-5-3-9-4-6-15-7-9/h9H,3-7H2,1-2H3,(H,13,14). The lowest BCUT2D eigenvalue weighted by Crippen LogP contribution is -2.36. The van der Waals surface area contributed by atoms with Crippen molar-refractivity contribution in [3.63, 3.8) is 0 Å². The SMILES string of the molecule is CC(C)(C#N)C(=O)NCCC1CCOC1. The van der Waals surface area contributed by atoms with E-state index in [1.54, 1.807) is 13.8 Å². The summed E-state index contributed by atoms with van der Waals surface area (Å²) >= 11 is 0. The molecule has 1 atom stereocenters. The van der Waals surface area contributed by atoms with E-state index in [2.05, 4.69) is 5.32 Å². The Morgan fingerprint density at radius 1 is 1.67 bits per heavy atom. The monoisotopic (exact) mass is 210 g/mol. The van der Waals surface area contributed by atoms with Crippen LogP contribution < -0.4 is 5.32 Å². The Hall–Kier alpha value is -1.08. The molecule has 1 rings (SSSR count). The number of ether oxygens (including phenoxy) is 1. The lowest BCUT2D eigenvalue weighted by Gasteiger charge is -2.15. The second kappa shape index (κ2) is 5.13. The van der Waals surface area contributed by atoms with Crippen LogP contribution in [0.25, 0.3) is 0 Å². The minimum atomic E-state index is -0.924. The number of carbonyl (C=O) groups excluding carboxylic acids is 1. The Morgan fingerprint density at radius 3 is 2.93 bits per heavy atom. The molecule has 0 saturated carbocycles. The Kier molecular flexibility index (Phi) is 4.10. The first-order chi connectivity index (χ1) is 7.06. The number of nitrogens with one attached hydrogen (secondary N) is 1. The van der Waals surface area contributed by atoms with Gasteiger partial charge in [0.05, 0.1) is 6.07 Å². The molecule has 1 N–H and O–H groups in total. The zero-order valence-electron chi connectivity index (χ0n) is 9.38. The number of hydrogen-bond acceptors (Lipinski definition) is 3. The summed E-state index contributed by atoms with van der Waals surface area (Å²) in [4.78, 5) is 11.5. The summed E-state index contributed by atoms with van der Waals surface area (Å²) in [5.41, 5.74) is -0.924. The van der Waals surface area contributed by atoms with E-state index >= 15 is 0 Å². The van der Waals surface area contributed by atoms with E-state index in [-0.39, 0.29) is 5.91 Å². The molecule has 1 amide bonds. The van der Waals surface area contributed by atoms with Crippen LogP contribution in [-0.4, -0.2) is 25.7 Å². The quantitative estimate of drug-likeness (QED) is 0.755. The molecule has 0 radical (unpaired) electrons. The van der Waals surface area contributed by atoms with E-state index in [9.17, 15) is 4.79 Å². The molecule has 0 aromatic rings. The molecule has 4 nitrogen and oxygen atoms in total. The lowest BCUT2D eigenvalue weighted by molar-refractivity contribution is -0.126. The van der Waals surface area contributed by atoms with E-state index in [0.717, 1.165) is 26.1 Å². The highest BCUT2D eigenvalue weighted by Gasteiger charge is 2.27. The molecule has 0 bridgehead atoms. The summed E-state index contributed by atoms with van der Waals surface area (Å²) in [5.74, 6) is 0.374. The van der Waals surface area contributed by atoms with Gasteiger partial charge in [-0.25, -0.2) is 0 Å². The van der Waals surface area contributed by atoms with Crippen LogP contribution in [0.2, 0.25) is 0 Å². The molecular weight excluding hydrogens is 192 g/mol. The number of rotatable bonds is 4. The molecule has 0 aromatic carbocycles. The van der Waals surface area contributed by atoms with Crippen molar-refractivity contribution >= 4 is 5.91 Å². The van der Waals surface area contributed by atoms with Gasteiger partial charge in [0.15, 0.2) is 0 Å². The van der Waals surface area contributed by atoms with E-state index in [4.69, 9.17) is 10.00 Å². The van der Waals surface area contributed by atoms with Crippen molar-refractivity contribution in [1.82, 2.24) is 5.32 Å². The average molecular weight is 210 g/mol. The fraction of sp³-hybridized carbons (Fsp3) is 0.818. The van der Waals surface area contributed by atoms with Crippen molar-refractivity contribution in [3.05, 3.63) is 0 Å². The average Bonchev–Trinajstić information content (AvgIpc) is 2.70. The highest BCUT2D eigenvalue weighted by molar-refractivity contribution is 5.84. The number of nitrogens with zero attached hydrogens (tertiary/aromatic N) is 1. The van der Waals surface area contributed by atoms with Gasteiger partial charge >= 0.3 is 0 Å². The predicted octanol–water partition coefficient (Wildman–Crippen LogP) is 1.08. The maximum atomic E-state index is 11.5. The van der Waals surface area contributed by atoms with Crippen LogP contribution in [0, 0.1) is 22.7 Å². The third-order valence-electron chi connectivity index (χ3n) is 2.71. The molecule has 84 valence electrons. The van der Waals surface area contributed by atoms with Crippen molar-refractivity contribution in [2.24, 2.45) is 11.3 Å². The van der Waals surface area contributed by atoms with Crippen LogP contribution in [0.4, 0.5) is 0 Å². The largest absolute Gasteiger partial charge is 0.381 e. The first-order valence-electron chi connectivity index (χ1n) is 5.33. The Labute approximate surface area is 90.6 Å². The van der Waals surface area contributed by atoms with Crippen molar-refractivity contribution < 1.29 is 9.53 Å². The Bertz CT molecular complexity index is 262. The predicted molar refractivity (Wildman–Crippen MR) is 55.9 cm³/mol. The van der Waals surface area contributed by atoms with Crippen LogP contribution in [0.15, 0.2) is 0 Å². The minimum Gasteiger partial charge on any atom is -0.381 e. The second-order valence-electron chi connectivity index (χ2n) is 4.51. The lowest BCUT2D eigenvalue weighted by atomic mass is 9.94. The highest BCUT2D eigenvalue weighted by Crippen LogP contribution is 2.16. The van der Waals surface area contributed by atoms with Gasteiger partial charge in [0.1, 0.15) is 5.41 Å². The molecule has 1 unspecified atom stereocenters. The zero-order chi connectivity index (χ0) is 11.3. The van der Waals surface area contributed by atoms with Crippen LogP contribution in [0.3, 0.4) is 0 Å². The molecule has 1 aliphatic heterocycles. The number of carbonyl (C=O) groups is 1. The van der Waals surface area contributed by atoms with E-state index < -0.39 is 5.41 Å². The smallest absolute Gasteiger partial charge is 0.239 e. The first kappa shape index (κ1) is 12.0. The van der Waals surface area contributed by atoms with Gasteiger partial charge in [-0.15, -0.1) is 0 Å². The summed E-state index contributed by atoms with van der Waals surface area (Å²) in [5, 5.41) is 11.5. The van der Waals surface area contributed by atoms with Crippen LogP contribution in [-0.2, 0) is 9.53 Å². The molecule has 0 aliphatic carbocycles. The Morgan fingerprint density at radius 2 is 2.40 bits per heavy atom. The molecular formula is C11H18N2O2. The van der Waals surface area contributed by atoms with Crippen molar-refractivity contribution in [2.45, 2.75) is 26.7 Å². The van der Waals surface area contributed by atoms with E-state index in [1.807, 2.05) is 6.07 Å². The van der Waals surface area contributed by atoms with Crippen molar-refractivity contribution in [1.29, 1.82) is 5.26 Å². The first-order valence-corrected chi connectivity index (χ1v) is 5.33. The molecule has 1 fully saturated rings. The third kappa shape index (κ3) is 3.52. The van der Waals surface area contributed by atoms with Gasteiger partial charge in [0.2, 0.25) is 5.91 Å². The number of nitriles is 1. The van der Waals surface area contributed by atoms with Crippen LogP contribution in [0.5, 0.6) is 0 Å². The van der Waals surface area contributed by atoms with Gasteiger partial charge in [-0.05, 0) is 32.6 Å². The number of amides is 1. The molecule has 15 heavy (non-hydrogen) atoms. The highest BCUT2D eigenvalue weighted by atomic mass is 16.5. The summed E-state index contributed by atoms with van der Waals surface area (Å²) < 4.78 is 5.24. The topological polar surface area (TPSA) is 62.1 Å². The van der Waals surface area contributed by atoms with Gasteiger partial charge in [-0.2, -0.15) is 5.26 Å². The van der Waals surface area contributed by atoms with E-state index in [1.165, 1.54) is 0 Å². The van der Waals surface area contributed by atoms with Crippen molar-refractivity contribution in [2.75, 3.05) is 19.8 Å². The van der Waals surface area contributed by atoms with Gasteiger partial charge in [-0.3, -0.25) is 4.79 Å². The second-order valence-corrected chi connectivity index (χ2v) is 4.51. The summed E-state index contributed by atoms with van der Waals surface area (Å²) in [6, 6.07) is 1.98. The van der Waals surface area contributed by atoms with Crippen LogP contribution >= 0.6 is 0 Å². The fourth-order valence-electron chi connectivity index (χ4n) is 1.47. The molecule has 1 saturated heterocycles. The maximum Gasteiger partial charge on any atom is 0.239 e. The maximum absolute atomic E-state index is 11.5. The zero-order valence-corrected chi connectivity index (χ0v) is 9.38. The molecule has 0 aromatic heterocycles. The molecule has 0 spiro atoms. The summed E-state index contributed by atoms with van der Waals surface area (Å²) in [7, 11) is 0. The molecule has 1 heterocycles. The number of hydrogen-bond donors (Lipinski definition) is 1. The van der Waals surface area contributed by atoms with Gasteiger partial charge < -0.3 is 10.1 Å². The van der Waals surface area contributed by atoms with Gasteiger partial charge in [0, 0.05) is 19.8 Å². The van der Waals surface area contributed by atoms with E-state index in [0.29, 0.717) is 12.5 Å². The molecule has 4 heteroatoms. The minimum absolute atomic E-state index is 0.191. The van der Waals surface area contributed by atoms with Crippen molar-refractivity contribution in [3.8, 4) is 6.07 Å². The summed E-state index contributed by atoms with van der Waals surface area (Å²) in [6.07, 6.45) is 2.02. The van der Waals surface area contributed by atoms with Gasteiger partial charge in [-0.1, -0.05) is 0 Å². The Balaban J connectivity index is 2.20.